The molecule has 1 aromatic heterocycles. The molecule has 1 aromatic carbocycles. The van der Waals surface area contributed by atoms with Gasteiger partial charge in [0.15, 0.2) is 0 Å². The molecule has 1 amide bonds. The highest BCUT2D eigenvalue weighted by Gasteiger charge is 2.19. The maximum atomic E-state index is 12.0. The molecule has 6 nitrogen and oxygen atoms in total. The lowest BCUT2D eigenvalue weighted by Crippen LogP contribution is -2.25. The van der Waals surface area contributed by atoms with Crippen molar-refractivity contribution < 1.29 is 14.1 Å². The summed E-state index contributed by atoms with van der Waals surface area (Å²) in [5.41, 5.74) is 7.66. The summed E-state index contributed by atoms with van der Waals surface area (Å²) in [6.07, 6.45) is 5.68. The minimum Gasteiger partial charge on any atom is -0.360 e. The van der Waals surface area contributed by atoms with Crippen molar-refractivity contribution in [3.63, 3.8) is 0 Å². The predicted octanol–water partition coefficient (Wildman–Crippen LogP) is 3.56. The zero-order chi connectivity index (χ0) is 20.4. The zero-order valence-corrected chi connectivity index (χ0v) is 16.0. The van der Waals surface area contributed by atoms with E-state index in [0.29, 0.717) is 17.7 Å². The standard InChI is InChI=1S/C19H17ClN2O3.CH5N/c1-4-6-13(5-2)18-17(12(3)25-22-18)14-7-8-15(16(20)11-14)19(24)21-9-10-23;1-2/h4-8,10-11H,1-2,9H2,3H3,(H,21,24);2H2,1H3/b13-6+;. The lowest BCUT2D eigenvalue weighted by atomic mass is 9.98. The van der Waals surface area contributed by atoms with E-state index < -0.39 is 5.91 Å². The molecule has 0 bridgehead atoms. The largest absolute Gasteiger partial charge is 0.360 e. The smallest absolute Gasteiger partial charge is 0.253 e. The van der Waals surface area contributed by atoms with Crippen molar-refractivity contribution in [2.75, 3.05) is 13.6 Å². The van der Waals surface area contributed by atoms with Crippen molar-refractivity contribution in [2.45, 2.75) is 6.92 Å². The first-order valence-corrected chi connectivity index (χ1v) is 8.42. The molecule has 0 saturated carbocycles. The summed E-state index contributed by atoms with van der Waals surface area (Å²) < 4.78 is 5.32. The van der Waals surface area contributed by atoms with Crippen LogP contribution in [0.5, 0.6) is 0 Å². The van der Waals surface area contributed by atoms with Gasteiger partial charge in [0.25, 0.3) is 5.91 Å². The van der Waals surface area contributed by atoms with Crippen LogP contribution in [-0.2, 0) is 4.79 Å². The average molecular weight is 388 g/mol. The molecule has 0 saturated heterocycles. The summed E-state index contributed by atoms with van der Waals surface area (Å²) in [6.45, 7) is 9.18. The Morgan fingerprint density at radius 3 is 2.63 bits per heavy atom. The molecule has 0 atom stereocenters. The van der Waals surface area contributed by atoms with Crippen LogP contribution in [0.15, 0.2) is 54.1 Å². The normalized spacial score (nSPS) is 10.4. The predicted molar refractivity (Wildman–Crippen MR) is 109 cm³/mol. The molecule has 0 unspecified atom stereocenters. The van der Waals surface area contributed by atoms with Crippen LogP contribution in [0.4, 0.5) is 0 Å². The number of nitrogens with zero attached hydrogens (tertiary/aromatic N) is 1. The van der Waals surface area contributed by atoms with Crippen LogP contribution in [0.3, 0.4) is 0 Å². The summed E-state index contributed by atoms with van der Waals surface area (Å²) in [6, 6.07) is 5.01. The topological polar surface area (TPSA) is 98.2 Å². The molecule has 0 aliphatic rings. The Morgan fingerprint density at radius 1 is 1.37 bits per heavy atom. The second-order valence-electron chi connectivity index (χ2n) is 5.10. The Bertz CT molecular complexity index is 869. The highest BCUT2D eigenvalue weighted by molar-refractivity contribution is 6.34. The maximum Gasteiger partial charge on any atom is 0.253 e. The Labute approximate surface area is 163 Å². The second kappa shape index (κ2) is 10.9. The van der Waals surface area contributed by atoms with Crippen LogP contribution in [-0.4, -0.2) is 30.9 Å². The number of benzene rings is 1. The van der Waals surface area contributed by atoms with Gasteiger partial charge in [-0.2, -0.15) is 0 Å². The fraction of sp³-hybridized carbons (Fsp3) is 0.150. The SMILES string of the molecule is C=C/C=C(\C=C)c1noc(C)c1-c1ccc(C(=O)NCC=O)c(Cl)c1.CN. The van der Waals surface area contributed by atoms with Gasteiger partial charge >= 0.3 is 0 Å². The van der Waals surface area contributed by atoms with Crippen LogP contribution >= 0.6 is 11.6 Å². The van der Waals surface area contributed by atoms with Gasteiger partial charge in [-0.1, -0.05) is 54.2 Å². The lowest BCUT2D eigenvalue weighted by Gasteiger charge is -2.08. The third-order valence-corrected chi connectivity index (χ3v) is 3.81. The fourth-order valence-electron chi connectivity index (χ4n) is 2.36. The van der Waals surface area contributed by atoms with E-state index in [9.17, 15) is 9.59 Å². The van der Waals surface area contributed by atoms with Gasteiger partial charge in [0.2, 0.25) is 0 Å². The Balaban J connectivity index is 0.00000176. The molecule has 2 aromatic rings. The Morgan fingerprint density at radius 2 is 2.07 bits per heavy atom. The van der Waals surface area contributed by atoms with Gasteiger partial charge in [0.05, 0.1) is 22.7 Å². The molecule has 1 heterocycles. The summed E-state index contributed by atoms with van der Waals surface area (Å²) >= 11 is 6.25. The van der Waals surface area contributed by atoms with E-state index in [2.05, 4.69) is 29.4 Å². The number of aromatic nitrogens is 1. The molecule has 2 rings (SSSR count). The first-order chi connectivity index (χ1) is 13.0. The molecule has 0 radical (unpaired) electrons. The number of nitrogens with two attached hydrogens (primary N) is 1. The third-order valence-electron chi connectivity index (χ3n) is 3.50. The summed E-state index contributed by atoms with van der Waals surface area (Å²) in [5.74, 6) is 0.199. The van der Waals surface area contributed by atoms with Gasteiger partial charge in [0.1, 0.15) is 17.7 Å². The number of halogens is 1. The van der Waals surface area contributed by atoms with Crippen molar-refractivity contribution in [1.29, 1.82) is 0 Å². The van der Waals surface area contributed by atoms with E-state index in [4.69, 9.17) is 16.1 Å². The van der Waals surface area contributed by atoms with Crippen molar-refractivity contribution in [3.8, 4) is 11.1 Å². The molecule has 0 aliphatic heterocycles. The van der Waals surface area contributed by atoms with Crippen molar-refractivity contribution in [2.24, 2.45) is 5.73 Å². The number of carbonyl (C=O) groups excluding carboxylic acids is 2. The molecule has 0 aliphatic carbocycles. The first-order valence-electron chi connectivity index (χ1n) is 8.04. The monoisotopic (exact) mass is 387 g/mol. The molecule has 0 fully saturated rings. The number of carbonyl (C=O) groups is 2. The number of amides is 1. The van der Waals surface area contributed by atoms with Gasteiger partial charge in [-0.15, -0.1) is 0 Å². The molecular formula is C20H22ClN3O3. The summed E-state index contributed by atoms with van der Waals surface area (Å²) in [4.78, 5) is 22.3. The van der Waals surface area contributed by atoms with Crippen LogP contribution < -0.4 is 11.1 Å². The number of aryl methyl sites for hydroxylation is 1. The third kappa shape index (κ3) is 5.26. The second-order valence-corrected chi connectivity index (χ2v) is 5.50. The van der Waals surface area contributed by atoms with Crippen molar-refractivity contribution in [1.82, 2.24) is 10.5 Å². The fourth-order valence-corrected chi connectivity index (χ4v) is 2.63. The van der Waals surface area contributed by atoms with Crippen molar-refractivity contribution in [3.05, 3.63) is 71.6 Å². The average Bonchev–Trinajstić information content (AvgIpc) is 3.06. The summed E-state index contributed by atoms with van der Waals surface area (Å²) in [5, 5.41) is 6.81. The number of hydrogen-bond donors (Lipinski definition) is 2. The highest BCUT2D eigenvalue weighted by atomic mass is 35.5. The highest BCUT2D eigenvalue weighted by Crippen LogP contribution is 2.34. The molecule has 3 N–H and O–H groups in total. The number of rotatable bonds is 7. The molecule has 7 heteroatoms. The maximum absolute atomic E-state index is 12.0. The molecule has 27 heavy (non-hydrogen) atoms. The Kier molecular flexibility index (Phi) is 8.92. The van der Waals surface area contributed by atoms with Gasteiger partial charge in [0, 0.05) is 5.57 Å². The van der Waals surface area contributed by atoms with Gasteiger partial charge in [-0.3, -0.25) is 4.79 Å². The molecule has 142 valence electrons. The number of aldehydes is 1. The lowest BCUT2D eigenvalue weighted by molar-refractivity contribution is -0.107. The van der Waals surface area contributed by atoms with Gasteiger partial charge < -0.3 is 20.4 Å². The van der Waals surface area contributed by atoms with E-state index in [-0.39, 0.29) is 17.1 Å². The van der Waals surface area contributed by atoms with E-state index in [0.717, 1.165) is 16.7 Å². The van der Waals surface area contributed by atoms with E-state index in [1.807, 2.05) is 0 Å². The minimum absolute atomic E-state index is 0.0686. The van der Waals surface area contributed by atoms with Crippen LogP contribution in [0.25, 0.3) is 16.7 Å². The zero-order valence-electron chi connectivity index (χ0n) is 15.3. The Hall–Kier alpha value is -2.96. The number of allylic oxidation sites excluding steroid dienone is 4. The minimum atomic E-state index is -0.413. The van der Waals surface area contributed by atoms with Crippen LogP contribution in [0.2, 0.25) is 5.02 Å². The quantitative estimate of drug-likeness (QED) is 0.559. The van der Waals surface area contributed by atoms with E-state index in [1.165, 1.54) is 7.05 Å². The van der Waals surface area contributed by atoms with Crippen LogP contribution in [0, 0.1) is 6.92 Å². The first kappa shape index (κ1) is 22.1. The summed E-state index contributed by atoms with van der Waals surface area (Å²) in [7, 11) is 1.50. The van der Waals surface area contributed by atoms with Gasteiger partial charge in [-0.25, -0.2) is 0 Å². The van der Waals surface area contributed by atoms with E-state index in [1.54, 1.807) is 43.4 Å². The van der Waals surface area contributed by atoms with E-state index >= 15 is 0 Å². The van der Waals surface area contributed by atoms with Gasteiger partial charge in [-0.05, 0) is 31.7 Å². The number of hydrogen-bond acceptors (Lipinski definition) is 5. The molecule has 0 spiro atoms. The molecular weight excluding hydrogens is 366 g/mol. The number of nitrogens with one attached hydrogen (secondary N) is 1. The van der Waals surface area contributed by atoms with Crippen LogP contribution in [0.1, 0.15) is 21.8 Å². The van der Waals surface area contributed by atoms with Crippen molar-refractivity contribution >= 4 is 29.4 Å².